The van der Waals surface area contributed by atoms with E-state index in [0.717, 1.165) is 17.0 Å². The van der Waals surface area contributed by atoms with Gasteiger partial charge in [-0.3, -0.25) is 29.4 Å². The highest BCUT2D eigenvalue weighted by atomic mass is 19.1. The molecule has 2 aliphatic rings. The van der Waals surface area contributed by atoms with Crippen LogP contribution in [0, 0.1) is 5.82 Å². The highest BCUT2D eigenvalue weighted by Crippen LogP contribution is 2.30. The lowest BCUT2D eigenvalue weighted by Crippen LogP contribution is -2.54. The molecular weight excluding hydrogens is 295 g/mol. The molecule has 8 heteroatoms. The van der Waals surface area contributed by atoms with Gasteiger partial charge in [-0.1, -0.05) is 0 Å². The molecule has 0 aliphatic carbocycles. The maximum atomic E-state index is 13.5. The van der Waals surface area contributed by atoms with Crippen molar-refractivity contribution in [1.82, 2.24) is 10.2 Å². The summed E-state index contributed by atoms with van der Waals surface area (Å²) in [6.07, 6.45) is 0.0259. The number of nitrogens with zero attached hydrogens (tertiary/aromatic N) is 1. The summed E-state index contributed by atoms with van der Waals surface area (Å²) >= 11 is 0. The number of piperidine rings is 1. The van der Waals surface area contributed by atoms with E-state index < -0.39 is 42.1 Å². The second-order valence-corrected chi connectivity index (χ2v) is 5.09. The Morgan fingerprint density at radius 2 is 1.95 bits per heavy atom. The summed E-state index contributed by atoms with van der Waals surface area (Å²) < 4.78 is 13.5. The summed E-state index contributed by atoms with van der Waals surface area (Å²) in [6.45, 7) is -0.609. The molecule has 3 rings (SSSR count). The van der Waals surface area contributed by atoms with Crippen molar-refractivity contribution in [2.24, 2.45) is 0 Å². The van der Waals surface area contributed by atoms with E-state index in [9.17, 15) is 28.7 Å². The van der Waals surface area contributed by atoms with Gasteiger partial charge < -0.3 is 5.11 Å². The average Bonchev–Trinajstić information content (AvgIpc) is 2.71. The molecule has 2 heterocycles. The van der Waals surface area contributed by atoms with Crippen LogP contribution in [0.25, 0.3) is 0 Å². The summed E-state index contributed by atoms with van der Waals surface area (Å²) in [5, 5.41) is 11.3. The molecule has 2 N–H and O–H groups in total. The molecule has 4 amide bonds. The van der Waals surface area contributed by atoms with E-state index >= 15 is 0 Å². The number of hydrogen-bond donors (Lipinski definition) is 2. The molecule has 7 nitrogen and oxygen atoms in total. The highest BCUT2D eigenvalue weighted by molar-refractivity contribution is 6.24. The Bertz CT molecular complexity index is 730. The van der Waals surface area contributed by atoms with Crippen LogP contribution in [-0.4, -0.2) is 39.7 Å². The van der Waals surface area contributed by atoms with Gasteiger partial charge in [-0.25, -0.2) is 4.39 Å². The number of carbonyl (C=O) groups excluding carboxylic acids is 4. The van der Waals surface area contributed by atoms with Crippen LogP contribution in [0.15, 0.2) is 12.1 Å². The number of amides is 4. The van der Waals surface area contributed by atoms with Gasteiger partial charge in [0.05, 0.1) is 17.7 Å². The van der Waals surface area contributed by atoms with Gasteiger partial charge in [-0.15, -0.1) is 0 Å². The fraction of sp³-hybridized carbons (Fsp3) is 0.286. The number of aliphatic hydroxyl groups excluding tert-OH is 1. The summed E-state index contributed by atoms with van der Waals surface area (Å²) in [7, 11) is 0. The Hall–Kier alpha value is -2.61. The number of benzene rings is 1. The van der Waals surface area contributed by atoms with Gasteiger partial charge in [-0.2, -0.15) is 0 Å². The van der Waals surface area contributed by atoms with Crippen molar-refractivity contribution in [1.29, 1.82) is 0 Å². The van der Waals surface area contributed by atoms with Crippen LogP contribution in [0.4, 0.5) is 4.39 Å². The normalized spacial score (nSPS) is 21.2. The quantitative estimate of drug-likeness (QED) is 0.731. The molecular formula is C14H11FN2O5. The zero-order valence-electron chi connectivity index (χ0n) is 11.3. The molecule has 1 fully saturated rings. The monoisotopic (exact) mass is 306 g/mol. The van der Waals surface area contributed by atoms with E-state index in [-0.39, 0.29) is 29.5 Å². The van der Waals surface area contributed by atoms with Crippen LogP contribution in [0.1, 0.15) is 39.1 Å². The first kappa shape index (κ1) is 14.3. The van der Waals surface area contributed by atoms with Crippen molar-refractivity contribution in [3.05, 3.63) is 34.6 Å². The number of hydrogen-bond acceptors (Lipinski definition) is 5. The minimum Gasteiger partial charge on any atom is -0.392 e. The zero-order chi connectivity index (χ0) is 16.0. The third-order valence-electron chi connectivity index (χ3n) is 3.76. The fourth-order valence-electron chi connectivity index (χ4n) is 2.76. The molecule has 0 saturated carbocycles. The van der Waals surface area contributed by atoms with E-state index in [2.05, 4.69) is 5.32 Å². The topological polar surface area (TPSA) is 104 Å². The van der Waals surface area contributed by atoms with E-state index in [1.165, 1.54) is 0 Å². The first-order valence-electron chi connectivity index (χ1n) is 6.59. The first-order chi connectivity index (χ1) is 10.4. The van der Waals surface area contributed by atoms with Crippen LogP contribution in [0.3, 0.4) is 0 Å². The molecule has 1 aromatic carbocycles. The minimum absolute atomic E-state index is 0.00499. The van der Waals surface area contributed by atoms with Gasteiger partial charge in [-0.05, 0) is 24.1 Å². The molecule has 22 heavy (non-hydrogen) atoms. The molecule has 0 aromatic heterocycles. The molecule has 2 aliphatic heterocycles. The van der Waals surface area contributed by atoms with Gasteiger partial charge in [0, 0.05) is 6.42 Å². The smallest absolute Gasteiger partial charge is 0.262 e. The number of nitrogens with one attached hydrogen (secondary N) is 1. The summed E-state index contributed by atoms with van der Waals surface area (Å²) in [6, 6.07) is 0.762. The number of halogens is 1. The second-order valence-electron chi connectivity index (χ2n) is 5.09. The predicted octanol–water partition coefficient (Wildman–Crippen LogP) is -0.281. The number of fused-ring (bicyclic) bond motifs is 1. The minimum atomic E-state index is -1.11. The predicted molar refractivity (Wildman–Crippen MR) is 69.0 cm³/mol. The lowest BCUT2D eigenvalue weighted by Gasteiger charge is -2.27. The Labute approximate surface area is 123 Å². The van der Waals surface area contributed by atoms with Crippen LogP contribution in [-0.2, 0) is 16.2 Å². The highest BCUT2D eigenvalue weighted by Gasteiger charge is 2.45. The SMILES string of the molecule is O=C1CCC(N2C(=O)c3cc(F)cc(CO)c3C2=O)C(=O)N1. The third kappa shape index (κ3) is 2.00. The lowest BCUT2D eigenvalue weighted by atomic mass is 10.0. The van der Waals surface area contributed by atoms with Gasteiger partial charge in [0.25, 0.3) is 11.8 Å². The van der Waals surface area contributed by atoms with Gasteiger partial charge in [0.2, 0.25) is 11.8 Å². The molecule has 0 spiro atoms. The molecule has 0 radical (unpaired) electrons. The van der Waals surface area contributed by atoms with Crippen molar-refractivity contribution in [2.45, 2.75) is 25.5 Å². The number of imide groups is 2. The lowest BCUT2D eigenvalue weighted by molar-refractivity contribution is -0.136. The zero-order valence-corrected chi connectivity index (χ0v) is 11.3. The van der Waals surface area contributed by atoms with Crippen molar-refractivity contribution in [3.8, 4) is 0 Å². The van der Waals surface area contributed by atoms with Crippen LogP contribution in [0.5, 0.6) is 0 Å². The Morgan fingerprint density at radius 1 is 1.23 bits per heavy atom. The fourth-order valence-corrected chi connectivity index (χ4v) is 2.76. The van der Waals surface area contributed by atoms with Crippen molar-refractivity contribution < 1.29 is 28.7 Å². The van der Waals surface area contributed by atoms with Crippen molar-refractivity contribution in [2.75, 3.05) is 0 Å². The van der Waals surface area contributed by atoms with Crippen LogP contribution in [0.2, 0.25) is 0 Å². The average molecular weight is 306 g/mol. The van der Waals surface area contributed by atoms with E-state index in [1.54, 1.807) is 0 Å². The Kier molecular flexibility index (Phi) is 3.25. The van der Waals surface area contributed by atoms with Crippen LogP contribution >= 0.6 is 0 Å². The number of carbonyl (C=O) groups is 4. The van der Waals surface area contributed by atoms with Crippen molar-refractivity contribution >= 4 is 23.6 Å². The number of aliphatic hydroxyl groups is 1. The van der Waals surface area contributed by atoms with E-state index in [1.807, 2.05) is 0 Å². The second kappa shape index (κ2) is 4.99. The number of rotatable bonds is 2. The molecule has 114 valence electrons. The maximum Gasteiger partial charge on any atom is 0.262 e. The molecule has 1 atom stereocenters. The molecule has 0 bridgehead atoms. The molecule has 1 saturated heterocycles. The molecule has 1 unspecified atom stereocenters. The summed E-state index contributed by atoms with van der Waals surface area (Å²) in [5.74, 6) is -3.53. The van der Waals surface area contributed by atoms with Gasteiger partial charge in [0.15, 0.2) is 0 Å². The van der Waals surface area contributed by atoms with Crippen molar-refractivity contribution in [3.63, 3.8) is 0 Å². The third-order valence-corrected chi connectivity index (χ3v) is 3.76. The summed E-state index contributed by atoms with van der Waals surface area (Å²) in [5.41, 5.74) is -0.291. The maximum absolute atomic E-state index is 13.5. The largest absolute Gasteiger partial charge is 0.392 e. The van der Waals surface area contributed by atoms with E-state index in [0.29, 0.717) is 0 Å². The Morgan fingerprint density at radius 3 is 2.59 bits per heavy atom. The van der Waals surface area contributed by atoms with Gasteiger partial charge >= 0.3 is 0 Å². The van der Waals surface area contributed by atoms with E-state index in [4.69, 9.17) is 0 Å². The standard InChI is InChI=1S/C14H11FN2O5/c15-7-3-6(5-18)11-8(4-7)13(21)17(14(11)22)9-1-2-10(19)16-12(9)20/h3-4,9,18H,1-2,5H2,(H,16,19,20). The summed E-state index contributed by atoms with van der Waals surface area (Å²) in [4.78, 5) is 48.5. The van der Waals surface area contributed by atoms with Crippen LogP contribution < -0.4 is 5.32 Å². The molecule has 1 aromatic rings. The first-order valence-corrected chi connectivity index (χ1v) is 6.59. The Balaban J connectivity index is 2.04. The van der Waals surface area contributed by atoms with Gasteiger partial charge in [0.1, 0.15) is 11.9 Å².